The van der Waals surface area contributed by atoms with Crippen molar-refractivity contribution in [3.05, 3.63) is 34.7 Å². The van der Waals surface area contributed by atoms with Crippen molar-refractivity contribution in [1.82, 2.24) is 14.0 Å². The van der Waals surface area contributed by atoms with Gasteiger partial charge < -0.3 is 10.6 Å². The molecule has 6 heteroatoms. The van der Waals surface area contributed by atoms with Crippen LogP contribution in [0, 0.1) is 0 Å². The van der Waals surface area contributed by atoms with E-state index >= 15 is 0 Å². The van der Waals surface area contributed by atoms with Crippen LogP contribution >= 0.6 is 0 Å². The molecule has 0 aliphatic carbocycles. The Labute approximate surface area is 129 Å². The number of imidazole rings is 1. The zero-order chi connectivity index (χ0) is 15.7. The third kappa shape index (κ3) is 2.33. The molecule has 1 saturated heterocycles. The maximum Gasteiger partial charge on any atom is 0.329 e. The molecule has 2 aromatic rings. The van der Waals surface area contributed by atoms with Gasteiger partial charge in [0, 0.05) is 25.7 Å². The Balaban J connectivity index is 1.96. The van der Waals surface area contributed by atoms with E-state index in [2.05, 4.69) is 0 Å². The largest absolute Gasteiger partial charge is 0.337 e. The number of carbonyl (C=O) groups excluding carboxylic acids is 1. The molecule has 0 saturated carbocycles. The van der Waals surface area contributed by atoms with Crippen molar-refractivity contribution >= 4 is 16.9 Å². The number of carbonyl (C=O) groups is 1. The predicted octanol–water partition coefficient (Wildman–Crippen LogP) is 0.773. The summed E-state index contributed by atoms with van der Waals surface area (Å²) in [4.78, 5) is 27.0. The molecule has 1 aliphatic rings. The minimum absolute atomic E-state index is 0.0194. The van der Waals surface area contributed by atoms with Crippen LogP contribution < -0.4 is 11.4 Å². The molecule has 0 radical (unpaired) electrons. The lowest BCUT2D eigenvalue weighted by atomic mass is 10.2. The molecule has 1 aliphatic heterocycles. The van der Waals surface area contributed by atoms with Gasteiger partial charge in [0.25, 0.3) is 0 Å². The second-order valence-corrected chi connectivity index (χ2v) is 5.72. The van der Waals surface area contributed by atoms with Crippen LogP contribution in [0.2, 0.25) is 0 Å². The molecule has 1 fully saturated rings. The molecule has 22 heavy (non-hydrogen) atoms. The number of rotatable bonds is 4. The van der Waals surface area contributed by atoms with E-state index in [0.717, 1.165) is 30.4 Å². The molecular weight excluding hydrogens is 280 g/mol. The van der Waals surface area contributed by atoms with Gasteiger partial charge in [-0.3, -0.25) is 13.9 Å². The van der Waals surface area contributed by atoms with Gasteiger partial charge in [0.05, 0.1) is 11.0 Å². The van der Waals surface area contributed by atoms with Crippen LogP contribution in [-0.2, 0) is 17.9 Å². The fraction of sp³-hybridized carbons (Fsp3) is 0.500. The van der Waals surface area contributed by atoms with Gasteiger partial charge in [-0.05, 0) is 31.9 Å². The van der Waals surface area contributed by atoms with Crippen LogP contribution in [-0.4, -0.2) is 39.1 Å². The van der Waals surface area contributed by atoms with E-state index in [1.807, 2.05) is 36.1 Å². The van der Waals surface area contributed by atoms with Crippen molar-refractivity contribution in [3.63, 3.8) is 0 Å². The monoisotopic (exact) mass is 302 g/mol. The van der Waals surface area contributed by atoms with Crippen LogP contribution in [0.5, 0.6) is 0 Å². The predicted molar refractivity (Wildman–Crippen MR) is 85.7 cm³/mol. The van der Waals surface area contributed by atoms with Gasteiger partial charge in [-0.15, -0.1) is 0 Å². The van der Waals surface area contributed by atoms with Gasteiger partial charge in [0.2, 0.25) is 5.91 Å². The average Bonchev–Trinajstić information content (AvgIpc) is 3.11. The first-order valence-electron chi connectivity index (χ1n) is 7.85. The molecule has 0 bridgehead atoms. The van der Waals surface area contributed by atoms with Gasteiger partial charge in [-0.2, -0.15) is 0 Å². The molecule has 118 valence electrons. The van der Waals surface area contributed by atoms with Crippen molar-refractivity contribution in [2.45, 2.75) is 38.9 Å². The highest BCUT2D eigenvalue weighted by molar-refractivity contribution is 5.81. The molecule has 2 N–H and O–H groups in total. The fourth-order valence-electron chi connectivity index (χ4n) is 3.37. The highest BCUT2D eigenvalue weighted by atomic mass is 16.2. The molecule has 1 atom stereocenters. The van der Waals surface area contributed by atoms with Gasteiger partial charge in [-0.25, -0.2) is 4.79 Å². The van der Waals surface area contributed by atoms with Crippen LogP contribution in [0.4, 0.5) is 0 Å². The maximum absolute atomic E-state index is 12.6. The van der Waals surface area contributed by atoms with E-state index in [9.17, 15) is 9.59 Å². The van der Waals surface area contributed by atoms with Gasteiger partial charge in [0.15, 0.2) is 0 Å². The third-order valence-electron chi connectivity index (χ3n) is 4.50. The smallest absolute Gasteiger partial charge is 0.329 e. The highest BCUT2D eigenvalue weighted by Crippen LogP contribution is 2.18. The van der Waals surface area contributed by atoms with E-state index in [0.29, 0.717) is 13.1 Å². The first-order chi connectivity index (χ1) is 10.7. The van der Waals surface area contributed by atoms with Crippen molar-refractivity contribution in [2.75, 3.05) is 13.1 Å². The number of nitrogens with two attached hydrogens (primary N) is 1. The summed E-state index contributed by atoms with van der Waals surface area (Å²) in [6.45, 7) is 3.84. The van der Waals surface area contributed by atoms with Crippen molar-refractivity contribution in [1.29, 1.82) is 0 Å². The van der Waals surface area contributed by atoms with E-state index < -0.39 is 0 Å². The SMILES string of the molecule is CCn1c(=O)n(CC(=O)N2CCCC2CN)c2ccccc21. The Hall–Kier alpha value is -2.08. The summed E-state index contributed by atoms with van der Waals surface area (Å²) in [7, 11) is 0. The Bertz CT molecular complexity index is 746. The van der Waals surface area contributed by atoms with E-state index in [1.165, 1.54) is 0 Å². The number of aromatic nitrogens is 2. The summed E-state index contributed by atoms with van der Waals surface area (Å²) in [5.74, 6) is -0.0194. The lowest BCUT2D eigenvalue weighted by molar-refractivity contribution is -0.132. The van der Waals surface area contributed by atoms with Gasteiger partial charge in [-0.1, -0.05) is 12.1 Å². The number of hydrogen-bond acceptors (Lipinski definition) is 3. The summed E-state index contributed by atoms with van der Waals surface area (Å²) in [6, 6.07) is 7.72. The van der Waals surface area contributed by atoms with Crippen molar-refractivity contribution < 1.29 is 4.79 Å². The molecule has 6 nitrogen and oxygen atoms in total. The Morgan fingerprint density at radius 3 is 2.59 bits per heavy atom. The number of amides is 1. The zero-order valence-corrected chi connectivity index (χ0v) is 12.9. The Kier molecular flexibility index (Phi) is 4.02. The van der Waals surface area contributed by atoms with Crippen LogP contribution in [0.15, 0.2) is 29.1 Å². The molecule has 1 aromatic heterocycles. The molecule has 1 amide bonds. The van der Waals surface area contributed by atoms with Gasteiger partial charge in [0.1, 0.15) is 6.54 Å². The number of likely N-dealkylation sites (tertiary alicyclic amines) is 1. The standard InChI is InChI=1S/C16H22N4O2/c1-2-18-13-7-3-4-8-14(13)20(16(18)22)11-15(21)19-9-5-6-12(19)10-17/h3-4,7-8,12H,2,5-6,9-11,17H2,1H3. The number of aryl methyl sites for hydroxylation is 1. The van der Waals surface area contributed by atoms with E-state index in [-0.39, 0.29) is 24.2 Å². The minimum Gasteiger partial charge on any atom is -0.337 e. The third-order valence-corrected chi connectivity index (χ3v) is 4.50. The highest BCUT2D eigenvalue weighted by Gasteiger charge is 2.28. The van der Waals surface area contributed by atoms with E-state index in [1.54, 1.807) is 9.13 Å². The topological polar surface area (TPSA) is 73.3 Å². The molecular formula is C16H22N4O2. The van der Waals surface area contributed by atoms with Crippen molar-refractivity contribution in [2.24, 2.45) is 5.73 Å². The van der Waals surface area contributed by atoms with E-state index in [4.69, 9.17) is 5.73 Å². The number of nitrogens with zero attached hydrogens (tertiary/aromatic N) is 3. The number of para-hydroxylation sites is 2. The molecule has 0 spiro atoms. The van der Waals surface area contributed by atoms with Gasteiger partial charge >= 0.3 is 5.69 Å². The average molecular weight is 302 g/mol. The zero-order valence-electron chi connectivity index (χ0n) is 12.9. The quantitative estimate of drug-likeness (QED) is 0.907. The first-order valence-corrected chi connectivity index (χ1v) is 7.85. The maximum atomic E-state index is 12.6. The van der Waals surface area contributed by atoms with Crippen molar-refractivity contribution in [3.8, 4) is 0 Å². The second-order valence-electron chi connectivity index (χ2n) is 5.72. The molecule has 1 aromatic carbocycles. The summed E-state index contributed by atoms with van der Waals surface area (Å²) in [5, 5.41) is 0. The summed E-state index contributed by atoms with van der Waals surface area (Å²) in [6.07, 6.45) is 1.94. The Morgan fingerprint density at radius 2 is 1.95 bits per heavy atom. The first kappa shape index (κ1) is 14.8. The van der Waals surface area contributed by atoms with Crippen LogP contribution in [0.25, 0.3) is 11.0 Å². The Morgan fingerprint density at radius 1 is 1.27 bits per heavy atom. The number of hydrogen-bond donors (Lipinski definition) is 1. The summed E-state index contributed by atoms with van der Waals surface area (Å²) in [5.41, 5.74) is 7.30. The van der Waals surface area contributed by atoms with Crippen LogP contribution in [0.3, 0.4) is 0 Å². The lowest BCUT2D eigenvalue weighted by Crippen LogP contribution is -2.42. The number of benzene rings is 1. The second kappa shape index (κ2) is 5.96. The number of fused-ring (bicyclic) bond motifs is 1. The lowest BCUT2D eigenvalue weighted by Gasteiger charge is -2.23. The van der Waals surface area contributed by atoms with Crippen LogP contribution in [0.1, 0.15) is 19.8 Å². The fourth-order valence-corrected chi connectivity index (χ4v) is 3.37. The molecule has 2 heterocycles. The summed E-state index contributed by atoms with van der Waals surface area (Å²) >= 11 is 0. The minimum atomic E-state index is -0.124. The normalized spacial score (nSPS) is 18.3. The summed E-state index contributed by atoms with van der Waals surface area (Å²) < 4.78 is 3.28. The molecule has 3 rings (SSSR count). The molecule has 1 unspecified atom stereocenters.